The number of aliphatic carboxylic acids is 1. The molecule has 0 aliphatic heterocycles. The van der Waals surface area contributed by atoms with E-state index in [1.807, 2.05) is 30.5 Å². The highest BCUT2D eigenvalue weighted by Crippen LogP contribution is 2.28. The summed E-state index contributed by atoms with van der Waals surface area (Å²) >= 11 is 9.18. The molecule has 0 spiro atoms. The molecule has 1 aromatic carbocycles. The van der Waals surface area contributed by atoms with E-state index >= 15 is 0 Å². The molecule has 3 nitrogen and oxygen atoms in total. The quantitative estimate of drug-likeness (QED) is 0.654. The number of thioether (sulfide) groups is 2. The number of aromatic nitrogens is 1. The first-order valence-corrected chi connectivity index (χ1v) is 8.64. The topological polar surface area (TPSA) is 50.2 Å². The number of fused-ring (bicyclic) bond motifs is 1. The zero-order valence-electron chi connectivity index (χ0n) is 11.1. The van der Waals surface area contributed by atoms with Crippen molar-refractivity contribution < 1.29 is 9.90 Å². The van der Waals surface area contributed by atoms with Crippen LogP contribution < -0.4 is 0 Å². The Morgan fingerprint density at radius 1 is 1.45 bits per heavy atom. The fraction of sp³-hybridized carbons (Fsp3) is 0.286. The third kappa shape index (κ3) is 3.59. The normalized spacial score (nSPS) is 12.6. The number of carboxylic acids is 1. The fourth-order valence-corrected chi connectivity index (χ4v) is 3.20. The third-order valence-corrected chi connectivity index (χ3v) is 5.12. The van der Waals surface area contributed by atoms with Crippen LogP contribution in [0, 0.1) is 0 Å². The third-order valence-electron chi connectivity index (χ3n) is 2.89. The summed E-state index contributed by atoms with van der Waals surface area (Å²) in [6.07, 6.45) is 2.01. The largest absolute Gasteiger partial charge is 0.480 e. The maximum atomic E-state index is 10.8. The maximum Gasteiger partial charge on any atom is 0.316 e. The summed E-state index contributed by atoms with van der Waals surface area (Å²) in [5, 5.41) is 9.89. The molecule has 0 saturated heterocycles. The number of carboxylic acid groups (broad SMARTS) is 1. The van der Waals surface area contributed by atoms with Crippen LogP contribution in [-0.2, 0) is 10.5 Å². The lowest BCUT2D eigenvalue weighted by Gasteiger charge is -2.09. The van der Waals surface area contributed by atoms with E-state index in [-0.39, 0.29) is 0 Å². The van der Waals surface area contributed by atoms with E-state index in [2.05, 4.69) is 4.98 Å². The van der Waals surface area contributed by atoms with Crippen LogP contribution in [0.4, 0.5) is 0 Å². The molecular formula is C14H14ClNO2S2. The summed E-state index contributed by atoms with van der Waals surface area (Å²) in [5.41, 5.74) is 1.73. The maximum absolute atomic E-state index is 10.8. The van der Waals surface area contributed by atoms with Crippen LogP contribution in [0.2, 0.25) is 5.15 Å². The van der Waals surface area contributed by atoms with E-state index in [4.69, 9.17) is 16.7 Å². The van der Waals surface area contributed by atoms with Crippen molar-refractivity contribution in [1.82, 2.24) is 4.98 Å². The second kappa shape index (κ2) is 6.70. The van der Waals surface area contributed by atoms with Crippen molar-refractivity contribution >= 4 is 52.0 Å². The van der Waals surface area contributed by atoms with Gasteiger partial charge in [-0.1, -0.05) is 17.7 Å². The van der Waals surface area contributed by atoms with E-state index in [9.17, 15) is 4.79 Å². The van der Waals surface area contributed by atoms with Crippen molar-refractivity contribution in [2.75, 3.05) is 6.26 Å². The summed E-state index contributed by atoms with van der Waals surface area (Å²) in [7, 11) is 0. The van der Waals surface area contributed by atoms with Gasteiger partial charge in [0.05, 0.1) is 10.8 Å². The fourth-order valence-electron chi connectivity index (χ4n) is 1.68. The van der Waals surface area contributed by atoms with Gasteiger partial charge in [-0.25, -0.2) is 4.98 Å². The molecule has 6 heteroatoms. The van der Waals surface area contributed by atoms with Gasteiger partial charge in [0.25, 0.3) is 0 Å². The summed E-state index contributed by atoms with van der Waals surface area (Å²) in [6, 6.07) is 8.04. The number of carbonyl (C=O) groups is 1. The second-order valence-corrected chi connectivity index (χ2v) is 6.86. The average molecular weight is 328 g/mol. The monoisotopic (exact) mass is 327 g/mol. The summed E-state index contributed by atoms with van der Waals surface area (Å²) in [6.45, 7) is 1.67. The Morgan fingerprint density at radius 3 is 2.85 bits per heavy atom. The average Bonchev–Trinajstić information content (AvgIpc) is 2.43. The lowest BCUT2D eigenvalue weighted by atomic mass is 10.2. The molecule has 0 unspecified atom stereocenters. The van der Waals surface area contributed by atoms with Crippen molar-refractivity contribution in [2.45, 2.75) is 22.8 Å². The molecular weight excluding hydrogens is 314 g/mol. The standard InChI is InChI=1S/C14H14ClNO2S2/c1-8(14(17)18)20-7-10-5-9-3-4-11(19-2)6-12(9)16-13(10)15/h3-6,8H,7H2,1-2H3,(H,17,18)/t8-/m1/s1. The highest BCUT2D eigenvalue weighted by atomic mass is 35.5. The van der Waals surface area contributed by atoms with Crippen molar-refractivity contribution in [3.05, 3.63) is 35.0 Å². The first kappa shape index (κ1) is 15.5. The minimum atomic E-state index is -0.815. The highest BCUT2D eigenvalue weighted by molar-refractivity contribution is 7.99. The van der Waals surface area contributed by atoms with E-state index < -0.39 is 11.2 Å². The van der Waals surface area contributed by atoms with Gasteiger partial charge in [0.15, 0.2) is 0 Å². The Morgan fingerprint density at radius 2 is 2.20 bits per heavy atom. The van der Waals surface area contributed by atoms with Crippen LogP contribution in [0.25, 0.3) is 10.9 Å². The predicted molar refractivity (Wildman–Crippen MR) is 86.9 cm³/mol. The summed E-state index contributed by atoms with van der Waals surface area (Å²) < 4.78 is 0. The van der Waals surface area contributed by atoms with Gasteiger partial charge < -0.3 is 5.11 Å². The van der Waals surface area contributed by atoms with Crippen LogP contribution in [0.3, 0.4) is 0 Å². The number of halogens is 1. The molecule has 0 fully saturated rings. The molecule has 1 N–H and O–H groups in total. The zero-order valence-corrected chi connectivity index (χ0v) is 13.5. The van der Waals surface area contributed by atoms with Gasteiger partial charge >= 0.3 is 5.97 Å². The molecule has 0 radical (unpaired) electrons. The Hall–Kier alpha value is -0.910. The molecule has 2 aromatic rings. The van der Waals surface area contributed by atoms with Gasteiger partial charge in [-0.05, 0) is 31.4 Å². The van der Waals surface area contributed by atoms with Crippen LogP contribution >= 0.6 is 35.1 Å². The molecule has 0 aliphatic rings. The number of hydrogen-bond acceptors (Lipinski definition) is 4. The molecule has 0 bridgehead atoms. The molecule has 1 aromatic heterocycles. The Balaban J connectivity index is 2.26. The summed E-state index contributed by atoms with van der Waals surface area (Å²) in [5.74, 6) is -0.274. The van der Waals surface area contributed by atoms with E-state index in [1.54, 1.807) is 18.7 Å². The van der Waals surface area contributed by atoms with Crippen molar-refractivity contribution in [3.63, 3.8) is 0 Å². The number of nitrogens with zero attached hydrogens (tertiary/aromatic N) is 1. The van der Waals surface area contributed by atoms with Crippen LogP contribution in [0.15, 0.2) is 29.2 Å². The second-order valence-electron chi connectivity index (χ2n) is 4.29. The molecule has 1 atom stereocenters. The number of hydrogen-bond donors (Lipinski definition) is 1. The van der Waals surface area contributed by atoms with E-state index in [0.717, 1.165) is 21.4 Å². The highest BCUT2D eigenvalue weighted by Gasteiger charge is 2.13. The van der Waals surface area contributed by atoms with Gasteiger partial charge in [0.2, 0.25) is 0 Å². The number of benzene rings is 1. The zero-order chi connectivity index (χ0) is 14.7. The Bertz CT molecular complexity index is 648. The number of pyridine rings is 1. The molecule has 106 valence electrons. The first-order valence-electron chi connectivity index (χ1n) is 5.99. The lowest BCUT2D eigenvalue weighted by Crippen LogP contribution is -2.11. The predicted octanol–water partition coefficient (Wildman–Crippen LogP) is 4.32. The molecule has 0 amide bonds. The van der Waals surface area contributed by atoms with Gasteiger partial charge in [-0.15, -0.1) is 23.5 Å². The number of rotatable bonds is 5. The Kier molecular flexibility index (Phi) is 5.18. The Labute approximate surface area is 131 Å². The molecule has 1 heterocycles. The van der Waals surface area contributed by atoms with E-state index in [1.165, 1.54) is 11.8 Å². The van der Waals surface area contributed by atoms with Crippen LogP contribution in [0.1, 0.15) is 12.5 Å². The van der Waals surface area contributed by atoms with Crippen molar-refractivity contribution in [2.24, 2.45) is 0 Å². The van der Waals surface area contributed by atoms with Crippen molar-refractivity contribution in [1.29, 1.82) is 0 Å². The smallest absolute Gasteiger partial charge is 0.316 e. The van der Waals surface area contributed by atoms with Gasteiger partial charge in [-0.3, -0.25) is 4.79 Å². The molecule has 0 saturated carbocycles. The SMILES string of the molecule is CSc1ccc2cc(CS[C@H](C)C(=O)O)c(Cl)nc2c1. The van der Waals surface area contributed by atoms with Gasteiger partial charge in [0.1, 0.15) is 5.15 Å². The lowest BCUT2D eigenvalue weighted by molar-refractivity contribution is -0.136. The molecule has 20 heavy (non-hydrogen) atoms. The molecule has 0 aliphatic carbocycles. The van der Waals surface area contributed by atoms with Crippen LogP contribution in [0.5, 0.6) is 0 Å². The minimum absolute atomic E-state index is 0.445. The van der Waals surface area contributed by atoms with Gasteiger partial charge in [0, 0.05) is 21.6 Å². The first-order chi connectivity index (χ1) is 9.51. The molecule has 2 rings (SSSR count). The summed E-state index contributed by atoms with van der Waals surface area (Å²) in [4.78, 5) is 16.4. The van der Waals surface area contributed by atoms with Crippen LogP contribution in [-0.4, -0.2) is 27.6 Å². The minimum Gasteiger partial charge on any atom is -0.480 e. The van der Waals surface area contributed by atoms with Crippen molar-refractivity contribution in [3.8, 4) is 0 Å². The van der Waals surface area contributed by atoms with E-state index in [0.29, 0.717) is 10.9 Å². The van der Waals surface area contributed by atoms with Gasteiger partial charge in [-0.2, -0.15) is 0 Å².